The zero-order chi connectivity index (χ0) is 12.4. The summed E-state index contributed by atoms with van der Waals surface area (Å²) in [7, 11) is 3.24. The van der Waals surface area contributed by atoms with Crippen LogP contribution < -0.4 is 4.74 Å². The van der Waals surface area contributed by atoms with Gasteiger partial charge in [-0.25, -0.2) is 0 Å². The van der Waals surface area contributed by atoms with Crippen molar-refractivity contribution in [2.45, 2.75) is 13.7 Å². The minimum absolute atomic E-state index is 0.0399. The van der Waals surface area contributed by atoms with Gasteiger partial charge in [-0.1, -0.05) is 12.1 Å². The van der Waals surface area contributed by atoms with E-state index in [9.17, 15) is 4.79 Å². The number of carbonyl (C=O) groups is 1. The molecule has 0 aliphatic heterocycles. The van der Waals surface area contributed by atoms with Crippen molar-refractivity contribution < 1.29 is 14.3 Å². The van der Waals surface area contributed by atoms with Crippen molar-refractivity contribution in [2.24, 2.45) is 0 Å². The van der Waals surface area contributed by atoms with Crippen LogP contribution in [0.5, 0.6) is 5.75 Å². The normalized spacial score (nSPS) is 10.8. The SMILES string of the molecule is COCn1cc(C(C)=O)c2cccc(OC)c21. The summed E-state index contributed by atoms with van der Waals surface area (Å²) in [4.78, 5) is 11.6. The third-order valence-electron chi connectivity index (χ3n) is 2.73. The number of benzene rings is 1. The molecule has 0 amide bonds. The van der Waals surface area contributed by atoms with Gasteiger partial charge < -0.3 is 14.0 Å². The Morgan fingerprint density at radius 2 is 2.12 bits per heavy atom. The van der Waals surface area contributed by atoms with Crippen LogP contribution in [0.4, 0.5) is 0 Å². The Balaban J connectivity index is 2.76. The van der Waals surface area contributed by atoms with E-state index in [0.717, 1.165) is 16.7 Å². The minimum atomic E-state index is 0.0399. The molecule has 2 aromatic rings. The molecule has 1 aromatic carbocycles. The van der Waals surface area contributed by atoms with Gasteiger partial charge in [0.15, 0.2) is 5.78 Å². The van der Waals surface area contributed by atoms with E-state index in [1.165, 1.54) is 0 Å². The van der Waals surface area contributed by atoms with Crippen molar-refractivity contribution in [3.63, 3.8) is 0 Å². The van der Waals surface area contributed by atoms with Crippen molar-refractivity contribution in [1.82, 2.24) is 4.57 Å². The van der Waals surface area contributed by atoms with E-state index >= 15 is 0 Å². The van der Waals surface area contributed by atoms with E-state index < -0.39 is 0 Å². The number of hydrogen-bond acceptors (Lipinski definition) is 3. The molecule has 2 rings (SSSR count). The largest absolute Gasteiger partial charge is 0.495 e. The molecule has 0 atom stereocenters. The predicted molar refractivity (Wildman–Crippen MR) is 65.5 cm³/mol. The second-order valence-corrected chi connectivity index (χ2v) is 3.84. The average Bonchev–Trinajstić information content (AvgIpc) is 2.69. The molecule has 0 spiro atoms. The number of Topliss-reactive ketones (excluding diaryl/α,β-unsaturated/α-hetero) is 1. The molecule has 0 aliphatic carbocycles. The number of methoxy groups -OCH3 is 2. The van der Waals surface area contributed by atoms with Crippen LogP contribution in [-0.2, 0) is 11.5 Å². The van der Waals surface area contributed by atoms with Gasteiger partial charge >= 0.3 is 0 Å². The third-order valence-corrected chi connectivity index (χ3v) is 2.73. The highest BCUT2D eigenvalue weighted by Crippen LogP contribution is 2.30. The molecule has 0 saturated heterocycles. The van der Waals surface area contributed by atoms with E-state index in [2.05, 4.69) is 0 Å². The molecule has 0 aliphatic rings. The summed E-state index contributed by atoms with van der Waals surface area (Å²) in [5, 5.41) is 0.897. The number of ketones is 1. The van der Waals surface area contributed by atoms with Crippen LogP contribution in [0.15, 0.2) is 24.4 Å². The number of hydrogen-bond donors (Lipinski definition) is 0. The second-order valence-electron chi connectivity index (χ2n) is 3.84. The first-order chi connectivity index (χ1) is 8.19. The number of para-hydroxylation sites is 1. The van der Waals surface area contributed by atoms with Gasteiger partial charge in [0.05, 0.1) is 12.6 Å². The lowest BCUT2D eigenvalue weighted by Gasteiger charge is -2.07. The first-order valence-corrected chi connectivity index (χ1v) is 5.34. The van der Waals surface area contributed by atoms with Crippen LogP contribution in [0.25, 0.3) is 10.9 Å². The molecule has 4 heteroatoms. The monoisotopic (exact) mass is 233 g/mol. The standard InChI is InChI=1S/C13H15NO3/c1-9(15)11-7-14(8-16-2)13-10(11)5-4-6-12(13)17-3/h4-7H,8H2,1-3H3. The van der Waals surface area contributed by atoms with Gasteiger partial charge in [-0.05, 0) is 13.0 Å². The van der Waals surface area contributed by atoms with E-state index in [-0.39, 0.29) is 5.78 Å². The highest BCUT2D eigenvalue weighted by Gasteiger charge is 2.14. The fourth-order valence-electron chi connectivity index (χ4n) is 2.01. The zero-order valence-electron chi connectivity index (χ0n) is 10.2. The van der Waals surface area contributed by atoms with Crippen molar-refractivity contribution in [3.05, 3.63) is 30.0 Å². The van der Waals surface area contributed by atoms with Crippen molar-refractivity contribution in [3.8, 4) is 5.75 Å². The lowest BCUT2D eigenvalue weighted by atomic mass is 10.1. The molecule has 1 heterocycles. The van der Waals surface area contributed by atoms with Crippen LogP contribution in [0.3, 0.4) is 0 Å². The summed E-state index contributed by atoms with van der Waals surface area (Å²) in [5.41, 5.74) is 1.58. The quantitative estimate of drug-likeness (QED) is 0.761. The Labute approximate surface area is 99.7 Å². The molecule has 0 fully saturated rings. The Morgan fingerprint density at radius 1 is 1.35 bits per heavy atom. The molecule has 0 bridgehead atoms. The first kappa shape index (κ1) is 11.7. The lowest BCUT2D eigenvalue weighted by molar-refractivity contribution is 0.101. The molecular weight excluding hydrogens is 218 g/mol. The maximum Gasteiger partial charge on any atom is 0.161 e. The molecule has 1 aromatic heterocycles. The third kappa shape index (κ3) is 1.91. The van der Waals surface area contributed by atoms with Crippen molar-refractivity contribution in [1.29, 1.82) is 0 Å². The summed E-state index contributed by atoms with van der Waals surface area (Å²) < 4.78 is 12.3. The minimum Gasteiger partial charge on any atom is -0.495 e. The number of fused-ring (bicyclic) bond motifs is 1. The smallest absolute Gasteiger partial charge is 0.161 e. The number of aromatic nitrogens is 1. The van der Waals surface area contributed by atoms with Crippen LogP contribution in [0.1, 0.15) is 17.3 Å². The van der Waals surface area contributed by atoms with Gasteiger partial charge in [0.1, 0.15) is 12.5 Å². The summed E-state index contributed by atoms with van der Waals surface area (Å²) in [6.45, 7) is 1.95. The highest BCUT2D eigenvalue weighted by molar-refractivity contribution is 6.08. The molecule has 90 valence electrons. The molecular formula is C13H15NO3. The Hall–Kier alpha value is -1.81. The Bertz CT molecular complexity index is 557. The Morgan fingerprint density at radius 3 is 2.71 bits per heavy atom. The maximum absolute atomic E-state index is 11.6. The van der Waals surface area contributed by atoms with Gasteiger partial charge in [-0.2, -0.15) is 0 Å². The van der Waals surface area contributed by atoms with E-state index in [0.29, 0.717) is 12.3 Å². The van der Waals surface area contributed by atoms with Gasteiger partial charge in [0.25, 0.3) is 0 Å². The summed E-state index contributed by atoms with van der Waals surface area (Å²) >= 11 is 0. The number of carbonyl (C=O) groups excluding carboxylic acids is 1. The second kappa shape index (κ2) is 4.59. The molecule has 0 radical (unpaired) electrons. The molecule has 0 unspecified atom stereocenters. The van der Waals surface area contributed by atoms with Crippen molar-refractivity contribution >= 4 is 16.7 Å². The zero-order valence-corrected chi connectivity index (χ0v) is 10.2. The van der Waals surface area contributed by atoms with Gasteiger partial charge in [-0.3, -0.25) is 4.79 Å². The Kier molecular flexibility index (Phi) is 3.15. The molecule has 0 N–H and O–H groups in total. The predicted octanol–water partition coefficient (Wildman–Crippen LogP) is 2.46. The van der Waals surface area contributed by atoms with Crippen LogP contribution >= 0.6 is 0 Å². The molecule has 17 heavy (non-hydrogen) atoms. The summed E-state index contributed by atoms with van der Waals surface area (Å²) in [6.07, 6.45) is 1.80. The first-order valence-electron chi connectivity index (χ1n) is 5.34. The fourth-order valence-corrected chi connectivity index (χ4v) is 2.01. The lowest BCUT2D eigenvalue weighted by Crippen LogP contribution is -1.99. The molecule has 4 nitrogen and oxygen atoms in total. The van der Waals surface area contributed by atoms with Crippen LogP contribution in [-0.4, -0.2) is 24.6 Å². The fraction of sp³-hybridized carbons (Fsp3) is 0.308. The maximum atomic E-state index is 11.6. The number of rotatable bonds is 4. The summed E-state index contributed by atoms with van der Waals surface area (Å²) in [6, 6.07) is 5.67. The van der Waals surface area contributed by atoms with E-state index in [1.807, 2.05) is 22.8 Å². The van der Waals surface area contributed by atoms with Gasteiger partial charge in [0.2, 0.25) is 0 Å². The topological polar surface area (TPSA) is 40.5 Å². The van der Waals surface area contributed by atoms with Crippen molar-refractivity contribution in [2.75, 3.05) is 14.2 Å². The number of ether oxygens (including phenoxy) is 2. The van der Waals surface area contributed by atoms with E-state index in [4.69, 9.17) is 9.47 Å². The highest BCUT2D eigenvalue weighted by atomic mass is 16.5. The average molecular weight is 233 g/mol. The van der Waals surface area contributed by atoms with E-state index in [1.54, 1.807) is 27.3 Å². The van der Waals surface area contributed by atoms with Crippen LogP contribution in [0.2, 0.25) is 0 Å². The number of nitrogens with zero attached hydrogens (tertiary/aromatic N) is 1. The van der Waals surface area contributed by atoms with Crippen LogP contribution in [0, 0.1) is 0 Å². The van der Waals surface area contributed by atoms with Gasteiger partial charge in [-0.15, -0.1) is 0 Å². The summed E-state index contributed by atoms with van der Waals surface area (Å²) in [5.74, 6) is 0.783. The molecule has 0 saturated carbocycles. The van der Waals surface area contributed by atoms with Gasteiger partial charge in [0, 0.05) is 24.3 Å².